The van der Waals surface area contributed by atoms with Crippen LogP contribution in [-0.4, -0.2) is 0 Å². The summed E-state index contributed by atoms with van der Waals surface area (Å²) in [4.78, 5) is 0. The number of aromatic nitrogens is 1. The lowest BCUT2D eigenvalue weighted by Gasteiger charge is -1.73. The minimum absolute atomic E-state index is 0. The first-order valence-electron chi connectivity index (χ1n) is 2.02. The maximum Gasteiger partial charge on any atom is 1.00 e. The predicted octanol–water partition coefficient (Wildman–Crippen LogP) is 1.82. The van der Waals surface area contributed by atoms with Gasteiger partial charge in [-0.05, 0) is 0 Å². The number of rotatable bonds is 0. The second-order valence-electron chi connectivity index (χ2n) is 1.22. The van der Waals surface area contributed by atoms with Crippen LogP contribution in [0.3, 0.4) is 0 Å². The number of hydrogen-bond acceptors (Lipinski definition) is 0. The minimum Gasteiger partial charge on any atom is -0.130 e. The van der Waals surface area contributed by atoms with Crippen LogP contribution in [0.4, 0.5) is 0 Å². The Kier molecular flexibility index (Phi) is 4.09. The monoisotopic (exact) mass is 239 g/mol. The molecule has 3 heteroatoms. The highest BCUT2D eigenvalue weighted by Gasteiger charge is 1.83. The second-order valence-corrected chi connectivity index (χ2v) is 2.04. The molecule has 0 atom stereocenters. The highest BCUT2D eigenvalue weighted by Crippen LogP contribution is 1.77. The van der Waals surface area contributed by atoms with E-state index in [0.717, 1.165) is 0 Å². The van der Waals surface area contributed by atoms with E-state index in [2.05, 4.69) is 16.1 Å². The fourth-order valence-corrected chi connectivity index (χ4v) is 0.651. The van der Waals surface area contributed by atoms with Crippen molar-refractivity contribution in [2.24, 2.45) is 0 Å². The van der Waals surface area contributed by atoms with Gasteiger partial charge in [0.1, 0.15) is 0 Å². The molecule has 0 bridgehead atoms. The molecule has 0 fully saturated rings. The zero-order chi connectivity index (χ0) is 5.11. The van der Waals surface area contributed by atoms with Crippen molar-refractivity contribution in [3.05, 3.63) is 30.6 Å². The molecule has 0 saturated heterocycles. The SMILES string of the molecule is Br.Br[n+]1ccccc1.[H+]. The van der Waals surface area contributed by atoms with E-state index in [1.807, 2.05) is 34.2 Å². The first kappa shape index (κ1) is 8.11. The van der Waals surface area contributed by atoms with Gasteiger partial charge < -0.3 is 0 Å². The molecular formula is C5H7Br2N+2. The van der Waals surface area contributed by atoms with E-state index in [1.165, 1.54) is 0 Å². The summed E-state index contributed by atoms with van der Waals surface area (Å²) in [6.45, 7) is 0. The molecule has 0 unspecified atom stereocenters. The Bertz CT molecular complexity index is 145. The zero-order valence-corrected chi connectivity index (χ0v) is 7.42. The molecule has 0 aliphatic rings. The number of halogens is 2. The van der Waals surface area contributed by atoms with Gasteiger partial charge >= 0.3 is 17.6 Å². The third-order valence-electron chi connectivity index (χ3n) is 0.679. The molecule has 0 spiro atoms. The van der Waals surface area contributed by atoms with Crippen molar-refractivity contribution in [2.45, 2.75) is 0 Å². The van der Waals surface area contributed by atoms with E-state index >= 15 is 0 Å². The van der Waals surface area contributed by atoms with E-state index in [0.29, 0.717) is 0 Å². The minimum atomic E-state index is 0. The van der Waals surface area contributed by atoms with Gasteiger partial charge in [0.2, 0.25) is 0 Å². The van der Waals surface area contributed by atoms with Gasteiger partial charge in [-0.25, -0.2) is 0 Å². The summed E-state index contributed by atoms with van der Waals surface area (Å²) in [6, 6.07) is 5.88. The Balaban J connectivity index is 0. The van der Waals surface area contributed by atoms with Crippen LogP contribution < -0.4 is 3.59 Å². The van der Waals surface area contributed by atoms with Crippen LogP contribution in [0.5, 0.6) is 0 Å². The molecule has 0 aromatic carbocycles. The number of pyridine rings is 1. The van der Waals surface area contributed by atoms with Gasteiger partial charge in [0.05, 0.1) is 0 Å². The Morgan fingerprint density at radius 3 is 1.88 bits per heavy atom. The van der Waals surface area contributed by atoms with Crippen LogP contribution in [0.25, 0.3) is 0 Å². The summed E-state index contributed by atoms with van der Waals surface area (Å²) >= 11 is 3.23. The van der Waals surface area contributed by atoms with E-state index in [-0.39, 0.29) is 18.4 Å². The number of nitrogens with zero attached hydrogens (tertiary/aromatic N) is 1. The summed E-state index contributed by atoms with van der Waals surface area (Å²) in [7, 11) is 0. The van der Waals surface area contributed by atoms with Crippen molar-refractivity contribution in [3.63, 3.8) is 0 Å². The molecular weight excluding hydrogens is 234 g/mol. The molecule has 0 radical (unpaired) electrons. The molecule has 8 heavy (non-hydrogen) atoms. The van der Waals surface area contributed by atoms with Crippen LogP contribution in [0.15, 0.2) is 30.6 Å². The molecule has 1 nitrogen and oxygen atoms in total. The second kappa shape index (κ2) is 4.04. The molecule has 0 amide bonds. The van der Waals surface area contributed by atoms with E-state index in [4.69, 9.17) is 0 Å². The van der Waals surface area contributed by atoms with Crippen LogP contribution in [0.2, 0.25) is 0 Å². The molecule has 1 heterocycles. The van der Waals surface area contributed by atoms with Crippen molar-refractivity contribution >= 4 is 33.1 Å². The first-order valence-corrected chi connectivity index (χ1v) is 2.73. The average molecular weight is 241 g/mol. The summed E-state index contributed by atoms with van der Waals surface area (Å²) in [5.41, 5.74) is 0. The fourth-order valence-electron chi connectivity index (χ4n) is 0.378. The summed E-state index contributed by atoms with van der Waals surface area (Å²) in [6.07, 6.45) is 3.83. The van der Waals surface area contributed by atoms with Gasteiger partial charge in [0.25, 0.3) is 0 Å². The van der Waals surface area contributed by atoms with Crippen LogP contribution in [-0.2, 0) is 0 Å². The normalized spacial score (nSPS) is 7.62. The van der Waals surface area contributed by atoms with Gasteiger partial charge in [0.15, 0.2) is 12.4 Å². The maximum atomic E-state index is 3.23. The van der Waals surface area contributed by atoms with E-state index in [9.17, 15) is 0 Å². The first-order chi connectivity index (χ1) is 3.39. The molecule has 1 aromatic rings. The molecule has 1 rings (SSSR count). The standard InChI is InChI=1S/C5H5BrN.BrH/c6-7-4-2-1-3-5-7;/h1-5H;1H/q+1;/p+1. The third-order valence-corrected chi connectivity index (χ3v) is 1.15. The highest BCUT2D eigenvalue weighted by atomic mass is 79.9. The van der Waals surface area contributed by atoms with E-state index < -0.39 is 0 Å². The largest absolute Gasteiger partial charge is 1.00 e. The topological polar surface area (TPSA) is 3.88 Å². The third kappa shape index (κ3) is 2.43. The van der Waals surface area contributed by atoms with Crippen molar-refractivity contribution in [1.82, 2.24) is 0 Å². The smallest absolute Gasteiger partial charge is 0.130 e. The Morgan fingerprint density at radius 1 is 1.12 bits per heavy atom. The Hall–Kier alpha value is 0.110. The van der Waals surface area contributed by atoms with Gasteiger partial charge in [0, 0.05) is 12.1 Å². The van der Waals surface area contributed by atoms with E-state index in [1.54, 1.807) is 0 Å². The zero-order valence-electron chi connectivity index (χ0n) is 5.12. The Morgan fingerprint density at radius 2 is 1.62 bits per heavy atom. The average Bonchev–Trinajstić information content (AvgIpc) is 1.69. The molecule has 1 aromatic heterocycles. The van der Waals surface area contributed by atoms with Crippen LogP contribution >= 0.6 is 33.1 Å². The lowest BCUT2D eigenvalue weighted by Crippen LogP contribution is -2.15. The van der Waals surface area contributed by atoms with Crippen molar-refractivity contribution in [3.8, 4) is 0 Å². The Labute approximate surface area is 68.9 Å². The lowest BCUT2D eigenvalue weighted by molar-refractivity contribution is -0.473. The van der Waals surface area contributed by atoms with Crippen molar-refractivity contribution in [1.29, 1.82) is 0 Å². The molecule has 0 N–H and O–H groups in total. The van der Waals surface area contributed by atoms with Crippen LogP contribution in [0, 0.1) is 0 Å². The molecule has 0 saturated carbocycles. The highest BCUT2D eigenvalue weighted by molar-refractivity contribution is 9.04. The molecule has 44 valence electrons. The van der Waals surface area contributed by atoms with Gasteiger partial charge in [-0.15, -0.1) is 20.6 Å². The molecule has 0 aliphatic carbocycles. The predicted molar refractivity (Wildman–Crippen MR) is 42.4 cm³/mol. The van der Waals surface area contributed by atoms with Gasteiger partial charge in [-0.3, -0.25) is 0 Å². The van der Waals surface area contributed by atoms with Crippen molar-refractivity contribution in [2.75, 3.05) is 0 Å². The number of hydrogen-bond donors (Lipinski definition) is 0. The van der Waals surface area contributed by atoms with Gasteiger partial charge in [-0.2, -0.15) is 0 Å². The quantitative estimate of drug-likeness (QED) is 0.652. The summed E-state index contributed by atoms with van der Waals surface area (Å²) in [5, 5.41) is 0. The van der Waals surface area contributed by atoms with Crippen molar-refractivity contribution < 1.29 is 5.02 Å². The maximum absolute atomic E-state index is 3.23. The van der Waals surface area contributed by atoms with Crippen LogP contribution in [0.1, 0.15) is 1.43 Å². The lowest BCUT2D eigenvalue weighted by atomic mass is 10.5. The fraction of sp³-hybridized carbons (Fsp3) is 0. The molecule has 0 aliphatic heterocycles. The summed E-state index contributed by atoms with van der Waals surface area (Å²) < 4.78 is 1.81. The summed E-state index contributed by atoms with van der Waals surface area (Å²) in [5.74, 6) is 0. The van der Waals surface area contributed by atoms with Gasteiger partial charge in [-0.1, -0.05) is 6.07 Å².